The van der Waals surface area contributed by atoms with Gasteiger partial charge in [0.1, 0.15) is 5.02 Å². The number of aromatic nitrogens is 2. The van der Waals surface area contributed by atoms with Crippen LogP contribution < -0.4 is 4.52 Å². The SMILES string of the molecule is CCOP(=O)(Oc1nn(C)c(S(C)(=O)=O)c1Cl)SCC. The van der Waals surface area contributed by atoms with Gasteiger partial charge in [0.25, 0.3) is 5.88 Å². The molecule has 7 nitrogen and oxygen atoms in total. The van der Waals surface area contributed by atoms with Gasteiger partial charge in [-0.15, -0.1) is 5.10 Å². The summed E-state index contributed by atoms with van der Waals surface area (Å²) in [5, 5.41) is 3.45. The second-order valence-electron chi connectivity index (χ2n) is 3.69. The van der Waals surface area contributed by atoms with Gasteiger partial charge in [-0.3, -0.25) is 9.21 Å². The van der Waals surface area contributed by atoms with Crippen molar-refractivity contribution in [3.05, 3.63) is 5.02 Å². The molecule has 0 amide bonds. The van der Waals surface area contributed by atoms with Gasteiger partial charge in [0.2, 0.25) is 0 Å². The number of sulfone groups is 1. The smallest absolute Gasteiger partial charge is 0.395 e. The van der Waals surface area contributed by atoms with Crippen molar-refractivity contribution in [3.8, 4) is 5.88 Å². The number of nitrogens with zero attached hydrogens (tertiary/aromatic N) is 2. The summed E-state index contributed by atoms with van der Waals surface area (Å²) < 4.78 is 47.0. The van der Waals surface area contributed by atoms with E-state index < -0.39 is 16.6 Å². The average Bonchev–Trinajstić information content (AvgIpc) is 2.53. The van der Waals surface area contributed by atoms with Gasteiger partial charge in [0, 0.05) is 19.1 Å². The van der Waals surface area contributed by atoms with Crippen molar-refractivity contribution in [2.75, 3.05) is 18.6 Å². The normalized spacial score (nSPS) is 15.1. The largest absolute Gasteiger partial charge is 0.441 e. The quantitative estimate of drug-likeness (QED) is 0.689. The van der Waals surface area contributed by atoms with Gasteiger partial charge in [-0.25, -0.2) is 13.0 Å². The molecule has 1 heterocycles. The van der Waals surface area contributed by atoms with Crippen LogP contribution >= 0.6 is 29.8 Å². The molecule has 0 aliphatic heterocycles. The molecule has 0 bridgehead atoms. The first-order valence-electron chi connectivity index (χ1n) is 5.66. The van der Waals surface area contributed by atoms with Gasteiger partial charge < -0.3 is 4.52 Å². The minimum absolute atomic E-state index is 0.188. The van der Waals surface area contributed by atoms with Crippen LogP contribution in [0.25, 0.3) is 0 Å². The summed E-state index contributed by atoms with van der Waals surface area (Å²) in [6.07, 6.45) is 1.00. The predicted octanol–water partition coefficient (Wildman–Crippen LogP) is 2.75. The first kappa shape index (κ1) is 17.8. The van der Waals surface area contributed by atoms with Crippen molar-refractivity contribution >= 4 is 39.6 Å². The summed E-state index contributed by atoms with van der Waals surface area (Å²) in [4.78, 5) is 0. The van der Waals surface area contributed by atoms with E-state index in [1.807, 2.05) is 0 Å². The maximum absolute atomic E-state index is 12.4. The van der Waals surface area contributed by atoms with Gasteiger partial charge in [-0.1, -0.05) is 18.5 Å². The number of hydrogen-bond donors (Lipinski definition) is 0. The van der Waals surface area contributed by atoms with E-state index in [1.165, 1.54) is 7.05 Å². The summed E-state index contributed by atoms with van der Waals surface area (Å²) in [6, 6.07) is 0. The molecule has 0 saturated heterocycles. The predicted molar refractivity (Wildman–Crippen MR) is 79.3 cm³/mol. The fraction of sp³-hybridized carbons (Fsp3) is 0.667. The Labute approximate surface area is 127 Å². The van der Waals surface area contributed by atoms with Crippen molar-refractivity contribution in [3.63, 3.8) is 0 Å². The zero-order valence-corrected chi connectivity index (χ0v) is 14.8. The first-order valence-corrected chi connectivity index (χ1v) is 11.1. The molecule has 0 saturated carbocycles. The van der Waals surface area contributed by atoms with Crippen LogP contribution in [0, 0.1) is 0 Å². The van der Waals surface area contributed by atoms with E-state index in [0.717, 1.165) is 22.3 Å². The third kappa shape index (κ3) is 4.14. The van der Waals surface area contributed by atoms with E-state index in [0.29, 0.717) is 5.75 Å². The molecule has 116 valence electrons. The lowest BCUT2D eigenvalue weighted by Crippen LogP contribution is -2.05. The zero-order chi connectivity index (χ0) is 15.6. The maximum Gasteiger partial charge on any atom is 0.441 e. The lowest BCUT2D eigenvalue weighted by atomic mass is 10.7. The van der Waals surface area contributed by atoms with E-state index in [-0.39, 0.29) is 22.5 Å². The highest BCUT2D eigenvalue weighted by molar-refractivity contribution is 8.55. The minimum atomic E-state index is -3.57. The Bertz CT molecular complexity index is 621. The van der Waals surface area contributed by atoms with E-state index >= 15 is 0 Å². The Morgan fingerprint density at radius 1 is 1.45 bits per heavy atom. The lowest BCUT2D eigenvalue weighted by molar-refractivity contribution is 0.293. The van der Waals surface area contributed by atoms with Gasteiger partial charge in [0.15, 0.2) is 14.9 Å². The molecule has 1 aromatic rings. The molecule has 20 heavy (non-hydrogen) atoms. The minimum Gasteiger partial charge on any atom is -0.395 e. The van der Waals surface area contributed by atoms with Crippen LogP contribution in [0.1, 0.15) is 13.8 Å². The molecular weight excluding hydrogens is 347 g/mol. The Hall–Kier alpha value is -0.210. The number of halogens is 1. The number of rotatable bonds is 7. The summed E-state index contributed by atoms with van der Waals surface area (Å²) in [5.41, 5.74) is 0. The highest BCUT2D eigenvalue weighted by Crippen LogP contribution is 2.60. The highest BCUT2D eigenvalue weighted by atomic mass is 35.5. The number of aryl methyl sites for hydroxylation is 1. The summed E-state index contributed by atoms with van der Waals surface area (Å²) in [6.45, 7) is 0.191. The van der Waals surface area contributed by atoms with Crippen LogP contribution in [0.5, 0.6) is 5.88 Å². The van der Waals surface area contributed by atoms with Gasteiger partial charge in [0.05, 0.1) is 6.61 Å². The average molecular weight is 363 g/mol. The third-order valence-corrected chi connectivity index (χ3v) is 7.47. The first-order chi connectivity index (χ1) is 9.14. The molecule has 1 rings (SSSR count). The monoisotopic (exact) mass is 362 g/mol. The summed E-state index contributed by atoms with van der Waals surface area (Å²) >= 11 is 6.93. The van der Waals surface area contributed by atoms with Crippen molar-refractivity contribution < 1.29 is 22.0 Å². The Kier molecular flexibility index (Phi) is 5.98. The van der Waals surface area contributed by atoms with E-state index in [4.69, 9.17) is 20.6 Å². The molecule has 1 atom stereocenters. The third-order valence-electron chi connectivity index (χ3n) is 2.03. The summed E-state index contributed by atoms with van der Waals surface area (Å²) in [7, 11) is -2.16. The second-order valence-corrected chi connectivity index (χ2v) is 10.3. The fourth-order valence-corrected chi connectivity index (χ4v) is 6.05. The van der Waals surface area contributed by atoms with Gasteiger partial charge in [-0.05, 0) is 18.3 Å². The van der Waals surface area contributed by atoms with E-state index in [1.54, 1.807) is 13.8 Å². The summed E-state index contributed by atoms with van der Waals surface area (Å²) in [5.74, 6) is 0.285. The molecule has 1 aromatic heterocycles. The van der Waals surface area contributed by atoms with Crippen LogP contribution in [-0.2, 0) is 26.0 Å². The molecular formula is C9H16ClN2O5PS2. The molecule has 1 unspecified atom stereocenters. The topological polar surface area (TPSA) is 87.5 Å². The molecule has 0 aliphatic rings. The van der Waals surface area contributed by atoms with Crippen LogP contribution in [0.15, 0.2) is 5.03 Å². The van der Waals surface area contributed by atoms with Crippen LogP contribution in [-0.4, -0.2) is 36.8 Å². The second kappa shape index (κ2) is 6.70. The molecule has 0 aromatic carbocycles. The lowest BCUT2D eigenvalue weighted by Gasteiger charge is -2.15. The van der Waals surface area contributed by atoms with Crippen molar-refractivity contribution in [1.29, 1.82) is 0 Å². The van der Waals surface area contributed by atoms with E-state index in [9.17, 15) is 13.0 Å². The molecule has 0 fully saturated rings. The van der Waals surface area contributed by atoms with Crippen molar-refractivity contribution in [1.82, 2.24) is 9.78 Å². The van der Waals surface area contributed by atoms with Crippen molar-refractivity contribution in [2.24, 2.45) is 7.05 Å². The molecule has 11 heteroatoms. The Morgan fingerprint density at radius 2 is 2.05 bits per heavy atom. The van der Waals surface area contributed by atoms with Crippen molar-refractivity contribution in [2.45, 2.75) is 18.9 Å². The molecule has 0 spiro atoms. The Balaban J connectivity index is 3.20. The number of hydrogen-bond acceptors (Lipinski definition) is 7. The molecule has 0 aliphatic carbocycles. The molecule has 0 N–H and O–H groups in total. The Morgan fingerprint density at radius 3 is 2.45 bits per heavy atom. The zero-order valence-electron chi connectivity index (χ0n) is 11.5. The van der Waals surface area contributed by atoms with Gasteiger partial charge >= 0.3 is 6.80 Å². The maximum atomic E-state index is 12.4. The van der Waals surface area contributed by atoms with Crippen LogP contribution in [0.3, 0.4) is 0 Å². The highest BCUT2D eigenvalue weighted by Gasteiger charge is 2.31. The molecule has 0 radical (unpaired) electrons. The van der Waals surface area contributed by atoms with Crippen LogP contribution in [0.2, 0.25) is 5.02 Å². The van der Waals surface area contributed by atoms with E-state index in [2.05, 4.69) is 5.10 Å². The fourth-order valence-electron chi connectivity index (χ4n) is 1.43. The van der Waals surface area contributed by atoms with Crippen LogP contribution in [0.4, 0.5) is 0 Å². The standard InChI is InChI=1S/C9H16ClN2O5PS2/c1-5-16-18(13,19-6-2)17-8-7(10)9(12(3)11-8)20(4,14)15/h5-6H2,1-4H3. The van der Waals surface area contributed by atoms with Gasteiger partial charge in [-0.2, -0.15) is 0 Å².